The van der Waals surface area contributed by atoms with Crippen LogP contribution < -0.4 is 0 Å². The lowest BCUT2D eigenvalue weighted by Gasteiger charge is -2.14. The van der Waals surface area contributed by atoms with E-state index in [1.165, 1.54) is 0 Å². The Hall–Kier alpha value is -2.85. The maximum Gasteiger partial charge on any atom is 0.340 e. The van der Waals surface area contributed by atoms with Gasteiger partial charge in [0.25, 0.3) is 0 Å². The van der Waals surface area contributed by atoms with E-state index in [1.807, 2.05) is 54.8 Å². The summed E-state index contributed by atoms with van der Waals surface area (Å²) >= 11 is 6.03. The Bertz CT molecular complexity index is 992. The molecule has 0 saturated heterocycles. The fraction of sp³-hybridized carbons (Fsp3) is 0.182. The fourth-order valence-electron chi connectivity index (χ4n) is 3.11. The van der Waals surface area contributed by atoms with E-state index in [1.54, 1.807) is 31.2 Å². The molecule has 0 bridgehead atoms. The van der Waals surface area contributed by atoms with E-state index in [0.717, 1.165) is 17.1 Å². The van der Waals surface area contributed by atoms with Crippen molar-refractivity contribution in [2.75, 3.05) is 0 Å². The lowest BCUT2D eigenvalue weighted by atomic mass is 10.1. The number of halogens is 1. The molecule has 0 aliphatic rings. The number of carbonyl (C=O) groups excluding carboxylic acids is 2. The minimum Gasteiger partial charge on any atom is -0.451 e. The van der Waals surface area contributed by atoms with Gasteiger partial charge in [-0.15, -0.1) is 0 Å². The molecule has 138 valence electrons. The number of ether oxygens (including phenoxy) is 1. The Morgan fingerprint density at radius 1 is 0.963 bits per heavy atom. The van der Waals surface area contributed by atoms with Crippen LogP contribution in [0, 0.1) is 13.8 Å². The molecular formula is C22H20ClNO3. The number of aryl methyl sites for hydroxylation is 1. The maximum atomic E-state index is 12.9. The zero-order chi connectivity index (χ0) is 19.6. The lowest BCUT2D eigenvalue weighted by molar-refractivity contribution is 0.0318. The minimum absolute atomic E-state index is 0.244. The highest BCUT2D eigenvalue weighted by molar-refractivity contribution is 6.33. The average Bonchev–Trinajstić information content (AvgIpc) is 2.96. The van der Waals surface area contributed by atoms with Gasteiger partial charge in [0, 0.05) is 22.6 Å². The van der Waals surface area contributed by atoms with Crippen molar-refractivity contribution < 1.29 is 14.3 Å². The molecule has 2 aromatic carbocycles. The summed E-state index contributed by atoms with van der Waals surface area (Å²) in [5.41, 5.74) is 3.51. The van der Waals surface area contributed by atoms with Gasteiger partial charge in [0.1, 0.15) is 0 Å². The molecule has 0 spiro atoms. The molecule has 1 aromatic heterocycles. The van der Waals surface area contributed by atoms with Crippen molar-refractivity contribution in [3.8, 4) is 5.69 Å². The van der Waals surface area contributed by atoms with E-state index in [-0.39, 0.29) is 11.3 Å². The van der Waals surface area contributed by atoms with Gasteiger partial charge in [0.05, 0.1) is 10.6 Å². The minimum atomic E-state index is -0.918. The van der Waals surface area contributed by atoms with Crippen LogP contribution in [0.25, 0.3) is 5.69 Å². The van der Waals surface area contributed by atoms with Crippen molar-refractivity contribution in [2.24, 2.45) is 0 Å². The molecule has 0 unspecified atom stereocenters. The second-order valence-electron chi connectivity index (χ2n) is 6.35. The van der Waals surface area contributed by atoms with E-state index < -0.39 is 12.1 Å². The molecule has 5 heteroatoms. The first kappa shape index (κ1) is 18.9. The Labute approximate surface area is 163 Å². The van der Waals surface area contributed by atoms with Crippen LogP contribution >= 0.6 is 11.6 Å². The predicted molar refractivity (Wildman–Crippen MR) is 106 cm³/mol. The molecule has 0 N–H and O–H groups in total. The molecule has 3 aromatic rings. The fourth-order valence-corrected chi connectivity index (χ4v) is 3.32. The van der Waals surface area contributed by atoms with Crippen LogP contribution in [0.3, 0.4) is 0 Å². The Kier molecular flexibility index (Phi) is 5.47. The summed E-state index contributed by atoms with van der Waals surface area (Å²) in [6, 6.07) is 18.2. The molecule has 1 atom stereocenters. The molecule has 3 rings (SSSR count). The van der Waals surface area contributed by atoms with Crippen molar-refractivity contribution in [1.82, 2.24) is 4.57 Å². The molecule has 27 heavy (non-hydrogen) atoms. The highest BCUT2D eigenvalue weighted by atomic mass is 35.5. The molecule has 0 aliphatic carbocycles. The monoisotopic (exact) mass is 381 g/mol. The third kappa shape index (κ3) is 3.81. The largest absolute Gasteiger partial charge is 0.451 e. The number of carbonyl (C=O) groups is 2. The molecule has 0 fully saturated rings. The standard InChI is InChI=1S/C22H20ClNO3/c1-14-13-19(15(2)24(14)17-9-5-4-6-10-17)21(25)16(3)27-22(26)18-11-7-8-12-20(18)23/h4-13,16H,1-3H3/t16-/m1/s1. The van der Waals surface area contributed by atoms with Crippen molar-refractivity contribution in [3.05, 3.63) is 88.2 Å². The second-order valence-corrected chi connectivity index (χ2v) is 6.75. The van der Waals surface area contributed by atoms with Gasteiger partial charge in [-0.25, -0.2) is 4.79 Å². The number of aromatic nitrogens is 1. The number of nitrogens with zero attached hydrogens (tertiary/aromatic N) is 1. The van der Waals surface area contributed by atoms with Crippen molar-refractivity contribution in [1.29, 1.82) is 0 Å². The van der Waals surface area contributed by atoms with Gasteiger partial charge in [-0.1, -0.05) is 41.9 Å². The topological polar surface area (TPSA) is 48.3 Å². The summed E-state index contributed by atoms with van der Waals surface area (Å²) in [6.45, 7) is 5.40. The zero-order valence-electron chi connectivity index (χ0n) is 15.4. The van der Waals surface area contributed by atoms with Crippen molar-refractivity contribution in [3.63, 3.8) is 0 Å². The van der Waals surface area contributed by atoms with Crippen LogP contribution in [0.15, 0.2) is 60.7 Å². The van der Waals surface area contributed by atoms with Gasteiger partial charge in [-0.2, -0.15) is 0 Å². The quantitative estimate of drug-likeness (QED) is 0.452. The molecule has 4 nitrogen and oxygen atoms in total. The number of benzene rings is 2. The summed E-state index contributed by atoms with van der Waals surface area (Å²) in [4.78, 5) is 25.2. The average molecular weight is 382 g/mol. The van der Waals surface area contributed by atoms with E-state index in [9.17, 15) is 9.59 Å². The molecular weight excluding hydrogens is 362 g/mol. The van der Waals surface area contributed by atoms with Gasteiger partial charge in [-0.05, 0) is 51.1 Å². The number of Topliss-reactive ketones (excluding diaryl/α,β-unsaturated/α-hetero) is 1. The van der Waals surface area contributed by atoms with Gasteiger partial charge in [0.15, 0.2) is 6.10 Å². The first-order valence-electron chi connectivity index (χ1n) is 8.64. The van der Waals surface area contributed by atoms with Crippen molar-refractivity contribution in [2.45, 2.75) is 26.9 Å². The van der Waals surface area contributed by atoms with Gasteiger partial charge < -0.3 is 9.30 Å². The summed E-state index contributed by atoms with van der Waals surface area (Å²) in [6.07, 6.45) is -0.918. The smallest absolute Gasteiger partial charge is 0.340 e. The highest BCUT2D eigenvalue weighted by Gasteiger charge is 2.25. The number of rotatable bonds is 5. The van der Waals surface area contributed by atoms with Gasteiger partial charge >= 0.3 is 5.97 Å². The zero-order valence-corrected chi connectivity index (χ0v) is 16.2. The van der Waals surface area contributed by atoms with Crippen LogP contribution in [0.5, 0.6) is 0 Å². The van der Waals surface area contributed by atoms with Gasteiger partial charge in [-0.3, -0.25) is 4.79 Å². The third-order valence-corrected chi connectivity index (χ3v) is 4.79. The van der Waals surface area contributed by atoms with Crippen LogP contribution in [0.1, 0.15) is 39.0 Å². The third-order valence-electron chi connectivity index (χ3n) is 4.46. The normalized spacial score (nSPS) is 11.9. The van der Waals surface area contributed by atoms with E-state index in [0.29, 0.717) is 10.6 Å². The van der Waals surface area contributed by atoms with Crippen LogP contribution in [-0.4, -0.2) is 22.4 Å². The SMILES string of the molecule is Cc1cc(C(=O)[C@@H](C)OC(=O)c2ccccc2Cl)c(C)n1-c1ccccc1. The summed E-state index contributed by atoms with van der Waals surface area (Å²) in [5.74, 6) is -0.857. The molecule has 1 heterocycles. The number of ketones is 1. The Balaban J connectivity index is 1.84. The van der Waals surface area contributed by atoms with E-state index >= 15 is 0 Å². The molecule has 0 saturated carbocycles. The molecule has 0 amide bonds. The maximum absolute atomic E-state index is 12.9. The number of para-hydroxylation sites is 1. The summed E-state index contributed by atoms with van der Waals surface area (Å²) in [5, 5.41) is 0.296. The van der Waals surface area contributed by atoms with Crippen molar-refractivity contribution >= 4 is 23.4 Å². The first-order valence-corrected chi connectivity index (χ1v) is 9.02. The van der Waals surface area contributed by atoms with E-state index in [2.05, 4.69) is 0 Å². The molecule has 0 aliphatic heterocycles. The van der Waals surface area contributed by atoms with E-state index in [4.69, 9.17) is 16.3 Å². The van der Waals surface area contributed by atoms with Crippen LogP contribution in [0.2, 0.25) is 5.02 Å². The summed E-state index contributed by atoms with van der Waals surface area (Å²) in [7, 11) is 0. The summed E-state index contributed by atoms with van der Waals surface area (Å²) < 4.78 is 7.37. The number of hydrogen-bond acceptors (Lipinski definition) is 3. The number of hydrogen-bond donors (Lipinski definition) is 0. The van der Waals surface area contributed by atoms with Crippen LogP contribution in [0.4, 0.5) is 0 Å². The number of esters is 1. The molecule has 0 radical (unpaired) electrons. The second kappa shape index (κ2) is 7.80. The Morgan fingerprint density at radius 2 is 1.59 bits per heavy atom. The predicted octanol–water partition coefficient (Wildman–Crippen LogP) is 5.18. The first-order chi connectivity index (χ1) is 12.9. The van der Waals surface area contributed by atoms with Crippen LogP contribution in [-0.2, 0) is 4.74 Å². The van der Waals surface area contributed by atoms with Gasteiger partial charge in [0.2, 0.25) is 5.78 Å². The highest BCUT2D eigenvalue weighted by Crippen LogP contribution is 2.23. The lowest BCUT2D eigenvalue weighted by Crippen LogP contribution is -2.25. The Morgan fingerprint density at radius 3 is 2.26 bits per heavy atom.